The molecule has 0 fully saturated rings. The van der Waals surface area contributed by atoms with Crippen molar-refractivity contribution in [3.8, 4) is 11.1 Å². The summed E-state index contributed by atoms with van der Waals surface area (Å²) in [6, 6.07) is 24.8. The Morgan fingerprint density at radius 1 is 0.741 bits per heavy atom. The Kier molecular flexibility index (Phi) is 4.59. The highest BCUT2D eigenvalue weighted by Crippen LogP contribution is 2.50. The number of fused-ring (bicyclic) bond motifs is 3. The molecule has 1 aliphatic carbocycles. The van der Waals surface area contributed by atoms with Crippen LogP contribution in [0.25, 0.3) is 11.1 Å². The van der Waals surface area contributed by atoms with Crippen molar-refractivity contribution in [1.29, 1.82) is 0 Å². The van der Waals surface area contributed by atoms with Gasteiger partial charge in [0.2, 0.25) is 0 Å². The van der Waals surface area contributed by atoms with Gasteiger partial charge in [-0.3, -0.25) is 3.11 Å². The van der Waals surface area contributed by atoms with Gasteiger partial charge in [0.05, 0.1) is 34.2 Å². The molecule has 0 aliphatic heterocycles. The second-order valence-electron chi connectivity index (χ2n) is 8.51. The zero-order valence-corrected chi connectivity index (χ0v) is 19.6. The first kappa shape index (κ1) is 18.9. The maximum atomic E-state index is 2.42. The molecule has 3 aromatic carbocycles. The fourth-order valence-electron chi connectivity index (χ4n) is 3.95. The molecule has 1 aliphatic rings. The molecule has 3 aromatic rings. The molecule has 3 heteroatoms. The number of hydrogen-bond acceptors (Lipinski definition) is 1. The molecule has 0 radical (unpaired) electrons. The van der Waals surface area contributed by atoms with E-state index in [-0.39, 0.29) is 5.41 Å². The van der Waals surface area contributed by atoms with Gasteiger partial charge in [-0.2, -0.15) is 0 Å². The van der Waals surface area contributed by atoms with E-state index >= 15 is 0 Å². The Bertz CT molecular complexity index is 1000. The predicted octanol–water partition coefficient (Wildman–Crippen LogP) is 7.53. The van der Waals surface area contributed by atoms with Gasteiger partial charge in [-0.05, 0) is 82.3 Å². The van der Waals surface area contributed by atoms with E-state index in [0.29, 0.717) is 0 Å². The summed E-state index contributed by atoms with van der Waals surface area (Å²) in [5.41, 5.74) is 8.08. The molecular weight excluding hydrogens is 461 g/mol. The van der Waals surface area contributed by atoms with Crippen LogP contribution in [-0.4, -0.2) is 18.8 Å². The number of benzene rings is 3. The smallest absolute Gasteiger partial charge is 0.0646 e. The summed E-state index contributed by atoms with van der Waals surface area (Å²) in [4.78, 5) is 1.45. The molecule has 140 valence electrons. The summed E-state index contributed by atoms with van der Waals surface area (Å²) in [7, 11) is -0.685. The minimum Gasteiger partial charge on any atom is -0.283 e. The number of hydrogen-bond donors (Lipinski definition) is 0. The summed E-state index contributed by atoms with van der Waals surface area (Å²) in [6.45, 7) is 4.67. The van der Waals surface area contributed by atoms with Gasteiger partial charge in [-0.15, -0.1) is 0 Å². The van der Waals surface area contributed by atoms with Crippen molar-refractivity contribution in [1.82, 2.24) is 0 Å². The fraction of sp³-hybridized carbons (Fsp3) is 0.250. The summed E-state index contributed by atoms with van der Waals surface area (Å²) in [5, 5.41) is 0. The Hall–Kier alpha value is -1.46. The van der Waals surface area contributed by atoms with Gasteiger partial charge in [0.1, 0.15) is 0 Å². The van der Waals surface area contributed by atoms with Gasteiger partial charge in [0, 0.05) is 5.41 Å². The minimum absolute atomic E-state index is 0.0405. The van der Waals surface area contributed by atoms with Gasteiger partial charge in [-0.1, -0.05) is 44.2 Å². The average molecular weight is 487 g/mol. The molecule has 27 heavy (non-hydrogen) atoms. The van der Waals surface area contributed by atoms with Crippen molar-refractivity contribution in [2.45, 2.75) is 24.2 Å². The second-order valence-corrected chi connectivity index (χ2v) is 13.6. The molecule has 1 nitrogen and oxygen atoms in total. The lowest BCUT2D eigenvalue weighted by Gasteiger charge is -2.27. The van der Waals surface area contributed by atoms with Crippen LogP contribution in [0, 0.1) is 0 Å². The molecule has 0 spiro atoms. The van der Waals surface area contributed by atoms with Crippen molar-refractivity contribution in [2.24, 2.45) is 0 Å². The van der Waals surface area contributed by atoms with Crippen LogP contribution in [0.1, 0.15) is 25.0 Å². The van der Waals surface area contributed by atoms with Crippen molar-refractivity contribution >= 4 is 44.3 Å². The second kappa shape index (κ2) is 6.56. The van der Waals surface area contributed by atoms with Crippen molar-refractivity contribution in [3.05, 3.63) is 77.9 Å². The van der Waals surface area contributed by atoms with Gasteiger partial charge < -0.3 is 0 Å². The zero-order valence-electron chi connectivity index (χ0n) is 16.6. The quantitative estimate of drug-likeness (QED) is 0.273. The maximum absolute atomic E-state index is 2.42. The molecule has 0 bridgehead atoms. The van der Waals surface area contributed by atoms with E-state index in [1.165, 1.54) is 38.5 Å². The number of halogens is 1. The van der Waals surface area contributed by atoms with Crippen LogP contribution in [0.2, 0.25) is 0 Å². The lowest BCUT2D eigenvalue weighted by atomic mass is 9.82. The van der Waals surface area contributed by atoms with Crippen LogP contribution < -0.4 is 3.11 Å². The maximum Gasteiger partial charge on any atom is 0.0646 e. The highest BCUT2D eigenvalue weighted by atomic mass is 127. The normalized spacial score (nSPS) is 15.2. The first-order chi connectivity index (χ1) is 12.7. The summed E-state index contributed by atoms with van der Waals surface area (Å²) in [5.74, 6) is 0. The van der Waals surface area contributed by atoms with Gasteiger partial charge >= 0.3 is 0 Å². The van der Waals surface area contributed by atoms with Crippen LogP contribution in [0.5, 0.6) is 0 Å². The lowest BCUT2D eigenvalue weighted by molar-refractivity contribution is 0.660. The topological polar surface area (TPSA) is 3.24 Å². The fourth-order valence-corrected chi connectivity index (χ4v) is 5.52. The molecule has 4 rings (SSSR count). The van der Waals surface area contributed by atoms with Crippen LogP contribution in [0.4, 0.5) is 11.4 Å². The summed E-state index contributed by atoms with van der Waals surface area (Å²) >= 11 is 2.42. The molecule has 0 heterocycles. The van der Waals surface area contributed by atoms with Gasteiger partial charge in [0.15, 0.2) is 0 Å². The molecule has 0 N–H and O–H groups in total. The van der Waals surface area contributed by atoms with Crippen LogP contribution >= 0.6 is 32.9 Å². The van der Waals surface area contributed by atoms with E-state index in [4.69, 9.17) is 0 Å². The predicted molar refractivity (Wildman–Crippen MR) is 130 cm³/mol. The van der Waals surface area contributed by atoms with Gasteiger partial charge in [-0.25, -0.2) is 10.0 Å². The monoisotopic (exact) mass is 487 g/mol. The Morgan fingerprint density at radius 3 is 2.00 bits per heavy atom. The summed E-state index contributed by atoms with van der Waals surface area (Å²) in [6.07, 6.45) is 7.01. The Balaban J connectivity index is 1.72. The number of rotatable bonds is 3. The molecule has 0 unspecified atom stereocenters. The third-order valence-electron chi connectivity index (χ3n) is 5.56. The minimum atomic E-state index is -0.685. The highest BCUT2D eigenvalue weighted by molar-refractivity contribution is 14.1. The Labute approximate surface area is 178 Å². The van der Waals surface area contributed by atoms with Crippen LogP contribution in [0.15, 0.2) is 71.6 Å². The zero-order chi connectivity index (χ0) is 19.4. The third kappa shape index (κ3) is 3.19. The third-order valence-corrected chi connectivity index (χ3v) is 8.36. The Morgan fingerprint density at radius 2 is 1.33 bits per heavy atom. The molecule has 0 atom stereocenters. The van der Waals surface area contributed by atoms with Crippen molar-refractivity contribution in [2.75, 3.05) is 21.9 Å². The van der Waals surface area contributed by atoms with E-state index < -0.39 is 10.0 Å². The molecular formula is C24H26INS. The standard InChI is InChI=1S/C24H26INS/c1-24(2)22-9-7-6-8-20(22)21-15-12-18(16-23(21)24)26(25)17-10-13-19(14-11-17)27(3,4)5/h6-16H,1-5H3. The molecule has 0 saturated heterocycles. The van der Waals surface area contributed by atoms with Gasteiger partial charge in [0.25, 0.3) is 0 Å². The summed E-state index contributed by atoms with van der Waals surface area (Å²) < 4.78 is 2.26. The lowest BCUT2D eigenvalue weighted by Crippen LogP contribution is -2.15. The van der Waals surface area contributed by atoms with E-state index in [1.54, 1.807) is 0 Å². The van der Waals surface area contributed by atoms with Crippen molar-refractivity contribution in [3.63, 3.8) is 0 Å². The van der Waals surface area contributed by atoms with E-state index in [1.807, 2.05) is 0 Å². The average Bonchev–Trinajstić information content (AvgIpc) is 2.88. The largest absolute Gasteiger partial charge is 0.283 e. The van der Waals surface area contributed by atoms with E-state index in [0.717, 1.165) is 0 Å². The molecule has 0 saturated carbocycles. The first-order valence-electron chi connectivity index (χ1n) is 9.18. The van der Waals surface area contributed by atoms with Crippen LogP contribution in [-0.2, 0) is 5.41 Å². The van der Waals surface area contributed by atoms with E-state index in [2.05, 4.69) is 125 Å². The highest BCUT2D eigenvalue weighted by Gasteiger charge is 2.35. The number of anilines is 2. The molecule has 0 aromatic heterocycles. The van der Waals surface area contributed by atoms with E-state index in [9.17, 15) is 0 Å². The first-order valence-corrected chi connectivity index (χ1v) is 13.0. The van der Waals surface area contributed by atoms with Crippen molar-refractivity contribution < 1.29 is 0 Å². The molecule has 0 amide bonds. The van der Waals surface area contributed by atoms with Crippen LogP contribution in [0.3, 0.4) is 0 Å². The number of nitrogens with zero attached hydrogens (tertiary/aromatic N) is 1. The SMILES string of the molecule is CC1(C)c2ccccc2-c2ccc(N(I)c3ccc(S(C)(C)C)cc3)cc21.